The lowest BCUT2D eigenvalue weighted by molar-refractivity contribution is -0.0721. The van der Waals surface area contributed by atoms with Gasteiger partial charge in [-0.05, 0) is 38.1 Å². The number of morpholine rings is 1. The van der Waals surface area contributed by atoms with E-state index in [1.54, 1.807) is 7.11 Å². The number of benzene rings is 1. The molecule has 0 spiro atoms. The standard InChI is InChI=1S/C16H21N3O3/c1-11-8-19(9-12(2)21-11)10-15-17-18-16(22-15)13-4-6-14(20-3)7-5-13/h4-7,11-12H,8-10H2,1-3H3/t11-,12+. The van der Waals surface area contributed by atoms with Crippen LogP contribution < -0.4 is 4.74 Å². The molecule has 0 unspecified atom stereocenters. The third-order valence-corrected chi connectivity index (χ3v) is 3.66. The summed E-state index contributed by atoms with van der Waals surface area (Å²) in [7, 11) is 1.64. The van der Waals surface area contributed by atoms with Gasteiger partial charge in [0.25, 0.3) is 0 Å². The van der Waals surface area contributed by atoms with Gasteiger partial charge in [-0.25, -0.2) is 0 Å². The highest BCUT2D eigenvalue weighted by atomic mass is 16.5. The van der Waals surface area contributed by atoms with Crippen molar-refractivity contribution in [2.45, 2.75) is 32.6 Å². The lowest BCUT2D eigenvalue weighted by Gasteiger charge is -2.34. The van der Waals surface area contributed by atoms with Crippen LogP contribution in [0.25, 0.3) is 11.5 Å². The van der Waals surface area contributed by atoms with E-state index in [-0.39, 0.29) is 12.2 Å². The fourth-order valence-corrected chi connectivity index (χ4v) is 2.77. The SMILES string of the molecule is COc1ccc(-c2nnc(CN3C[C@@H](C)O[C@@H](C)C3)o2)cc1. The molecule has 0 bridgehead atoms. The highest BCUT2D eigenvalue weighted by molar-refractivity contribution is 5.53. The molecule has 2 heterocycles. The second-order valence-corrected chi connectivity index (χ2v) is 5.68. The summed E-state index contributed by atoms with van der Waals surface area (Å²) in [5.74, 6) is 1.97. The Balaban J connectivity index is 1.68. The van der Waals surface area contributed by atoms with Crippen LogP contribution in [0.1, 0.15) is 19.7 Å². The van der Waals surface area contributed by atoms with Crippen LogP contribution in [-0.2, 0) is 11.3 Å². The molecule has 0 radical (unpaired) electrons. The maximum Gasteiger partial charge on any atom is 0.247 e. The predicted molar refractivity (Wildman–Crippen MR) is 81.6 cm³/mol. The minimum Gasteiger partial charge on any atom is -0.497 e. The maximum atomic E-state index is 5.77. The molecule has 0 saturated carbocycles. The molecule has 22 heavy (non-hydrogen) atoms. The van der Waals surface area contributed by atoms with Crippen LogP contribution in [-0.4, -0.2) is 47.5 Å². The van der Waals surface area contributed by atoms with E-state index in [4.69, 9.17) is 13.9 Å². The van der Waals surface area contributed by atoms with Gasteiger partial charge in [-0.1, -0.05) is 0 Å². The Bertz CT molecular complexity index is 601. The molecule has 1 aliphatic rings. The van der Waals surface area contributed by atoms with Crippen LogP contribution in [0.2, 0.25) is 0 Å². The normalized spacial score (nSPS) is 22.7. The molecular formula is C16H21N3O3. The fourth-order valence-electron chi connectivity index (χ4n) is 2.77. The van der Waals surface area contributed by atoms with Crippen molar-refractivity contribution in [3.63, 3.8) is 0 Å². The van der Waals surface area contributed by atoms with Crippen LogP contribution >= 0.6 is 0 Å². The van der Waals surface area contributed by atoms with Crippen molar-refractivity contribution in [3.05, 3.63) is 30.2 Å². The Hall–Kier alpha value is -1.92. The van der Waals surface area contributed by atoms with Crippen molar-refractivity contribution in [2.24, 2.45) is 0 Å². The van der Waals surface area contributed by atoms with Gasteiger partial charge in [0.2, 0.25) is 11.8 Å². The van der Waals surface area contributed by atoms with Crippen LogP contribution in [0.4, 0.5) is 0 Å². The first kappa shape index (κ1) is 15.0. The lowest BCUT2D eigenvalue weighted by atomic mass is 10.2. The molecule has 6 nitrogen and oxygen atoms in total. The Labute approximate surface area is 130 Å². The molecule has 6 heteroatoms. The molecule has 1 aliphatic heterocycles. The third kappa shape index (κ3) is 3.45. The monoisotopic (exact) mass is 303 g/mol. The molecule has 1 saturated heterocycles. The van der Waals surface area contributed by atoms with Crippen molar-refractivity contribution in [2.75, 3.05) is 20.2 Å². The van der Waals surface area contributed by atoms with Gasteiger partial charge in [-0.15, -0.1) is 10.2 Å². The molecule has 3 rings (SSSR count). The van der Waals surface area contributed by atoms with Crippen LogP contribution in [0.15, 0.2) is 28.7 Å². The van der Waals surface area contributed by atoms with Crippen molar-refractivity contribution < 1.29 is 13.9 Å². The van der Waals surface area contributed by atoms with Crippen molar-refractivity contribution in [1.82, 2.24) is 15.1 Å². The van der Waals surface area contributed by atoms with Crippen molar-refractivity contribution in [3.8, 4) is 17.2 Å². The second-order valence-electron chi connectivity index (χ2n) is 5.68. The molecule has 2 atom stereocenters. The van der Waals surface area contributed by atoms with E-state index in [2.05, 4.69) is 28.9 Å². The van der Waals surface area contributed by atoms with E-state index >= 15 is 0 Å². The van der Waals surface area contributed by atoms with Crippen molar-refractivity contribution in [1.29, 1.82) is 0 Å². The molecule has 1 aromatic carbocycles. The minimum absolute atomic E-state index is 0.229. The van der Waals surface area contributed by atoms with Crippen LogP contribution in [0, 0.1) is 0 Å². The Morgan fingerprint density at radius 1 is 1.14 bits per heavy atom. The number of methoxy groups -OCH3 is 1. The Morgan fingerprint density at radius 3 is 2.45 bits per heavy atom. The molecular weight excluding hydrogens is 282 g/mol. The maximum absolute atomic E-state index is 5.77. The number of ether oxygens (including phenoxy) is 2. The van der Waals surface area contributed by atoms with Crippen molar-refractivity contribution >= 4 is 0 Å². The molecule has 0 aliphatic carbocycles. The Morgan fingerprint density at radius 2 is 1.82 bits per heavy atom. The number of rotatable bonds is 4. The van der Waals surface area contributed by atoms with E-state index in [0.717, 1.165) is 24.4 Å². The number of aromatic nitrogens is 2. The first-order chi connectivity index (χ1) is 10.6. The molecule has 1 aromatic heterocycles. The lowest BCUT2D eigenvalue weighted by Crippen LogP contribution is -2.44. The van der Waals surface area contributed by atoms with Gasteiger partial charge in [-0.3, -0.25) is 4.90 Å². The summed E-state index contributed by atoms with van der Waals surface area (Å²) in [5, 5.41) is 8.28. The van der Waals surface area contributed by atoms with Gasteiger partial charge < -0.3 is 13.9 Å². The van der Waals surface area contributed by atoms with Gasteiger partial charge in [0.05, 0.1) is 25.9 Å². The molecule has 2 aromatic rings. The average molecular weight is 303 g/mol. The van der Waals surface area contributed by atoms with Crippen LogP contribution in [0.3, 0.4) is 0 Å². The van der Waals surface area contributed by atoms with Gasteiger partial charge in [0.15, 0.2) is 0 Å². The van der Waals surface area contributed by atoms with Gasteiger partial charge in [0.1, 0.15) is 5.75 Å². The first-order valence-electron chi connectivity index (χ1n) is 7.48. The molecule has 0 N–H and O–H groups in total. The minimum atomic E-state index is 0.229. The summed E-state index contributed by atoms with van der Waals surface area (Å²) in [5.41, 5.74) is 0.892. The van der Waals surface area contributed by atoms with E-state index in [9.17, 15) is 0 Å². The summed E-state index contributed by atoms with van der Waals surface area (Å²) in [6, 6.07) is 7.58. The predicted octanol–water partition coefficient (Wildman–Crippen LogP) is 2.35. The van der Waals surface area contributed by atoms with E-state index in [1.807, 2.05) is 24.3 Å². The quantitative estimate of drug-likeness (QED) is 0.864. The average Bonchev–Trinajstić information content (AvgIpc) is 2.95. The highest BCUT2D eigenvalue weighted by Crippen LogP contribution is 2.22. The third-order valence-electron chi connectivity index (χ3n) is 3.66. The topological polar surface area (TPSA) is 60.6 Å². The summed E-state index contributed by atoms with van der Waals surface area (Å²) in [6.45, 7) is 6.58. The number of nitrogens with zero attached hydrogens (tertiary/aromatic N) is 3. The van der Waals surface area contributed by atoms with Crippen LogP contribution in [0.5, 0.6) is 5.75 Å². The zero-order chi connectivity index (χ0) is 15.5. The molecule has 1 fully saturated rings. The van der Waals surface area contributed by atoms with Gasteiger partial charge in [-0.2, -0.15) is 0 Å². The first-order valence-corrected chi connectivity index (χ1v) is 7.48. The zero-order valence-corrected chi connectivity index (χ0v) is 13.2. The fraction of sp³-hybridized carbons (Fsp3) is 0.500. The smallest absolute Gasteiger partial charge is 0.247 e. The number of hydrogen-bond donors (Lipinski definition) is 0. The van der Waals surface area contributed by atoms with E-state index in [0.29, 0.717) is 18.3 Å². The summed E-state index contributed by atoms with van der Waals surface area (Å²) in [6.07, 6.45) is 0.459. The number of hydrogen-bond acceptors (Lipinski definition) is 6. The summed E-state index contributed by atoms with van der Waals surface area (Å²) >= 11 is 0. The Kier molecular flexibility index (Phi) is 4.40. The second kappa shape index (κ2) is 6.46. The molecule has 118 valence electrons. The van der Waals surface area contributed by atoms with E-state index < -0.39 is 0 Å². The summed E-state index contributed by atoms with van der Waals surface area (Å²) < 4.78 is 16.6. The highest BCUT2D eigenvalue weighted by Gasteiger charge is 2.23. The van der Waals surface area contributed by atoms with Gasteiger partial charge >= 0.3 is 0 Å². The zero-order valence-electron chi connectivity index (χ0n) is 13.2. The largest absolute Gasteiger partial charge is 0.497 e. The van der Waals surface area contributed by atoms with Gasteiger partial charge in [0, 0.05) is 18.7 Å². The molecule has 0 amide bonds. The summed E-state index contributed by atoms with van der Waals surface area (Å²) in [4.78, 5) is 2.28. The van der Waals surface area contributed by atoms with E-state index in [1.165, 1.54) is 0 Å².